The lowest BCUT2D eigenvalue weighted by atomic mass is 9.89. The second-order valence-corrected chi connectivity index (χ2v) is 6.01. The number of alkyl halides is 3. The first-order valence-electron chi connectivity index (χ1n) is 8.49. The third-order valence-electron chi connectivity index (χ3n) is 4.14. The van der Waals surface area contributed by atoms with Crippen molar-refractivity contribution in [2.45, 2.75) is 32.5 Å². The number of halogens is 3. The Morgan fingerprint density at radius 2 is 2.04 bits per heavy atom. The zero-order valence-electron chi connectivity index (χ0n) is 14.6. The molecule has 1 heterocycles. The molecule has 0 N–H and O–H groups in total. The molecule has 27 heavy (non-hydrogen) atoms. The van der Waals surface area contributed by atoms with Crippen molar-refractivity contribution in [3.8, 4) is 11.4 Å². The molecule has 1 atom stereocenters. The zero-order valence-corrected chi connectivity index (χ0v) is 14.6. The van der Waals surface area contributed by atoms with Crippen LogP contribution in [0.1, 0.15) is 32.0 Å². The molecule has 9 heteroatoms. The van der Waals surface area contributed by atoms with Crippen LogP contribution >= 0.6 is 0 Å². The van der Waals surface area contributed by atoms with Crippen LogP contribution in [0, 0.1) is 5.92 Å². The van der Waals surface area contributed by atoms with E-state index in [9.17, 15) is 18.0 Å². The maximum absolute atomic E-state index is 12.2. The quantitative estimate of drug-likeness (QED) is 0.735. The number of ether oxygens (including phenoxy) is 2. The van der Waals surface area contributed by atoms with Gasteiger partial charge in [0.05, 0.1) is 18.2 Å². The highest BCUT2D eigenvalue weighted by molar-refractivity contribution is 5.74. The number of carbonyl (C=O) groups is 1. The van der Waals surface area contributed by atoms with Gasteiger partial charge in [-0.1, -0.05) is 6.08 Å². The normalized spacial score (nSPS) is 17.3. The van der Waals surface area contributed by atoms with E-state index < -0.39 is 6.36 Å². The number of allylic oxidation sites excluding steroid dienone is 2. The van der Waals surface area contributed by atoms with Gasteiger partial charge in [-0.05, 0) is 56.0 Å². The average Bonchev–Trinajstić information content (AvgIpc) is 3.11. The summed E-state index contributed by atoms with van der Waals surface area (Å²) in [5.74, 6) is -0.0936. The van der Waals surface area contributed by atoms with Gasteiger partial charge in [-0.2, -0.15) is 0 Å². The van der Waals surface area contributed by atoms with Crippen LogP contribution in [-0.4, -0.2) is 33.7 Å². The first kappa shape index (κ1) is 18.9. The van der Waals surface area contributed by atoms with Gasteiger partial charge in [-0.25, -0.2) is 9.67 Å². The third-order valence-corrected chi connectivity index (χ3v) is 4.14. The molecule has 1 unspecified atom stereocenters. The second kappa shape index (κ2) is 7.81. The zero-order chi connectivity index (χ0) is 19.4. The molecule has 0 fully saturated rings. The molecule has 0 saturated heterocycles. The van der Waals surface area contributed by atoms with Gasteiger partial charge in [0, 0.05) is 0 Å². The van der Waals surface area contributed by atoms with Crippen molar-refractivity contribution in [3.63, 3.8) is 0 Å². The Morgan fingerprint density at radius 1 is 1.30 bits per heavy atom. The van der Waals surface area contributed by atoms with Crippen LogP contribution in [-0.2, 0) is 9.53 Å². The lowest BCUT2D eigenvalue weighted by molar-refractivity contribution is -0.274. The highest BCUT2D eigenvalue weighted by Crippen LogP contribution is 2.29. The van der Waals surface area contributed by atoms with Crippen molar-refractivity contribution in [2.75, 3.05) is 6.61 Å². The maximum atomic E-state index is 12.2. The highest BCUT2D eigenvalue weighted by atomic mass is 19.4. The van der Waals surface area contributed by atoms with E-state index in [1.54, 1.807) is 6.92 Å². The van der Waals surface area contributed by atoms with E-state index in [0.29, 0.717) is 37.4 Å². The molecule has 2 aromatic rings. The Kier molecular flexibility index (Phi) is 5.48. The molecule has 1 aliphatic rings. The van der Waals surface area contributed by atoms with E-state index in [1.807, 2.05) is 6.08 Å². The van der Waals surface area contributed by atoms with Crippen LogP contribution in [0.5, 0.6) is 5.75 Å². The first-order chi connectivity index (χ1) is 12.9. The van der Waals surface area contributed by atoms with E-state index in [2.05, 4.69) is 14.8 Å². The number of aromatic nitrogens is 3. The lowest BCUT2D eigenvalue weighted by Crippen LogP contribution is -2.19. The molecule has 0 spiro atoms. The number of esters is 1. The fraction of sp³-hybridized carbons (Fsp3) is 0.389. The Labute approximate surface area is 153 Å². The van der Waals surface area contributed by atoms with Crippen LogP contribution in [0.3, 0.4) is 0 Å². The van der Waals surface area contributed by atoms with Gasteiger partial charge >= 0.3 is 12.3 Å². The Hall–Kier alpha value is -2.84. The Morgan fingerprint density at radius 3 is 2.63 bits per heavy atom. The van der Waals surface area contributed by atoms with Gasteiger partial charge in [0.15, 0.2) is 5.82 Å². The molecule has 1 aliphatic carbocycles. The monoisotopic (exact) mass is 381 g/mol. The van der Waals surface area contributed by atoms with Gasteiger partial charge in [0.1, 0.15) is 12.1 Å². The highest BCUT2D eigenvalue weighted by Gasteiger charge is 2.31. The summed E-state index contributed by atoms with van der Waals surface area (Å²) in [5.41, 5.74) is 1.50. The average molecular weight is 381 g/mol. The molecule has 0 saturated carbocycles. The Balaban J connectivity index is 1.67. The number of benzene rings is 1. The second-order valence-electron chi connectivity index (χ2n) is 6.01. The van der Waals surface area contributed by atoms with Crippen molar-refractivity contribution in [3.05, 3.63) is 42.5 Å². The standard InChI is InChI=1S/C18H18F3N3O3/c1-2-26-17(25)13-5-3-12(4-6-13)16-22-11-24(23-16)14-7-9-15(10-8-14)27-18(19,20)21/h3,7-11,13H,2,4-6H2,1H3. The molecular weight excluding hydrogens is 363 g/mol. The minimum Gasteiger partial charge on any atom is -0.466 e. The number of hydrogen-bond acceptors (Lipinski definition) is 5. The van der Waals surface area contributed by atoms with Gasteiger partial charge in [-0.15, -0.1) is 18.3 Å². The van der Waals surface area contributed by atoms with Crippen molar-refractivity contribution in [2.24, 2.45) is 5.92 Å². The summed E-state index contributed by atoms with van der Waals surface area (Å²) in [6.07, 6.45) is 0.607. The summed E-state index contributed by atoms with van der Waals surface area (Å²) in [5, 5.41) is 4.37. The summed E-state index contributed by atoms with van der Waals surface area (Å²) in [7, 11) is 0. The van der Waals surface area contributed by atoms with Crippen LogP contribution in [0.2, 0.25) is 0 Å². The molecule has 3 rings (SSSR count). The fourth-order valence-electron chi connectivity index (χ4n) is 2.85. The predicted octanol–water partition coefficient (Wildman–Crippen LogP) is 3.91. The van der Waals surface area contributed by atoms with E-state index in [4.69, 9.17) is 4.74 Å². The minimum absolute atomic E-state index is 0.142. The molecule has 0 amide bonds. The van der Waals surface area contributed by atoms with Gasteiger partial charge in [0.25, 0.3) is 0 Å². The molecule has 0 bridgehead atoms. The minimum atomic E-state index is -4.73. The number of hydrogen-bond donors (Lipinski definition) is 0. The van der Waals surface area contributed by atoms with Crippen LogP contribution in [0.15, 0.2) is 36.7 Å². The topological polar surface area (TPSA) is 66.2 Å². The molecule has 0 radical (unpaired) electrons. The summed E-state index contributed by atoms with van der Waals surface area (Å²) in [6, 6.07) is 5.36. The summed E-state index contributed by atoms with van der Waals surface area (Å²) >= 11 is 0. The van der Waals surface area contributed by atoms with Crippen molar-refractivity contribution >= 4 is 11.5 Å². The van der Waals surface area contributed by atoms with Gasteiger partial charge < -0.3 is 9.47 Å². The molecule has 6 nitrogen and oxygen atoms in total. The summed E-state index contributed by atoms with van der Waals surface area (Å²) in [6.45, 7) is 2.14. The van der Waals surface area contributed by atoms with E-state index in [-0.39, 0.29) is 17.6 Å². The van der Waals surface area contributed by atoms with Crippen LogP contribution < -0.4 is 4.74 Å². The van der Waals surface area contributed by atoms with Crippen molar-refractivity contribution < 1.29 is 27.4 Å². The maximum Gasteiger partial charge on any atom is 0.573 e. The van der Waals surface area contributed by atoms with Gasteiger partial charge in [0.2, 0.25) is 0 Å². The summed E-state index contributed by atoms with van der Waals surface area (Å²) < 4.78 is 47.0. The third kappa shape index (κ3) is 4.87. The van der Waals surface area contributed by atoms with Gasteiger partial charge in [-0.3, -0.25) is 4.79 Å². The SMILES string of the molecule is CCOC(=O)C1CC=C(c2ncn(-c3ccc(OC(F)(F)F)cc3)n2)CC1. The van der Waals surface area contributed by atoms with E-state index >= 15 is 0 Å². The molecule has 1 aromatic heterocycles. The molecule has 144 valence electrons. The summed E-state index contributed by atoms with van der Waals surface area (Å²) in [4.78, 5) is 16.0. The first-order valence-corrected chi connectivity index (χ1v) is 8.49. The predicted molar refractivity (Wildman–Crippen MR) is 90.0 cm³/mol. The largest absolute Gasteiger partial charge is 0.573 e. The smallest absolute Gasteiger partial charge is 0.466 e. The van der Waals surface area contributed by atoms with Crippen molar-refractivity contribution in [1.29, 1.82) is 0 Å². The molecule has 1 aromatic carbocycles. The van der Waals surface area contributed by atoms with Crippen LogP contribution in [0.25, 0.3) is 11.3 Å². The number of carbonyl (C=O) groups excluding carboxylic acids is 1. The van der Waals surface area contributed by atoms with E-state index in [1.165, 1.54) is 35.3 Å². The molecule has 0 aliphatic heterocycles. The number of rotatable bonds is 5. The molecular formula is C18H18F3N3O3. The number of nitrogens with zero attached hydrogens (tertiary/aromatic N) is 3. The van der Waals surface area contributed by atoms with Crippen LogP contribution in [0.4, 0.5) is 13.2 Å². The van der Waals surface area contributed by atoms with E-state index in [0.717, 1.165) is 5.57 Å². The Bertz CT molecular complexity index is 828. The lowest BCUT2D eigenvalue weighted by Gasteiger charge is -2.19. The fourth-order valence-corrected chi connectivity index (χ4v) is 2.85. The van der Waals surface area contributed by atoms with Crippen molar-refractivity contribution in [1.82, 2.24) is 14.8 Å².